The molecule has 1 fully saturated rings. The van der Waals surface area contributed by atoms with Crippen molar-refractivity contribution in [3.8, 4) is 0 Å². The average molecular weight is 228 g/mol. The Morgan fingerprint density at radius 3 is 2.38 bits per heavy atom. The fourth-order valence-corrected chi connectivity index (χ4v) is 4.83. The van der Waals surface area contributed by atoms with E-state index in [1.165, 1.54) is 35.6 Å². The third kappa shape index (κ3) is 2.35. The summed E-state index contributed by atoms with van der Waals surface area (Å²) in [6.45, 7) is 9.00. The number of rotatable bonds is 2. The third-order valence-corrected chi connectivity index (χ3v) is 6.32. The molecule has 1 saturated carbocycles. The van der Waals surface area contributed by atoms with Crippen molar-refractivity contribution in [3.63, 3.8) is 0 Å². The van der Waals surface area contributed by atoms with Crippen LogP contribution in [0.2, 0.25) is 13.1 Å². The van der Waals surface area contributed by atoms with E-state index in [-0.39, 0.29) is 0 Å². The monoisotopic (exact) mass is 228 g/mol. The summed E-state index contributed by atoms with van der Waals surface area (Å²) >= 11 is 0. The van der Waals surface area contributed by atoms with Crippen LogP contribution < -0.4 is 5.19 Å². The maximum Gasteiger partial charge on any atom is 0.104 e. The van der Waals surface area contributed by atoms with Gasteiger partial charge >= 0.3 is 0 Å². The SMILES string of the molecule is C=C1CCC/C1=C\[Si](C)(C)c1ccccc1. The Bertz CT molecular complexity index is 412. The summed E-state index contributed by atoms with van der Waals surface area (Å²) in [6.07, 6.45) is 3.73. The van der Waals surface area contributed by atoms with E-state index < -0.39 is 8.07 Å². The van der Waals surface area contributed by atoms with Gasteiger partial charge in [0, 0.05) is 0 Å². The van der Waals surface area contributed by atoms with Gasteiger partial charge in [0.25, 0.3) is 0 Å². The van der Waals surface area contributed by atoms with E-state index in [0.29, 0.717) is 0 Å². The Hall–Kier alpha value is -1.08. The molecule has 0 atom stereocenters. The fraction of sp³-hybridized carbons (Fsp3) is 0.333. The first-order valence-electron chi connectivity index (χ1n) is 6.05. The second-order valence-corrected chi connectivity index (χ2v) is 9.52. The highest BCUT2D eigenvalue weighted by Gasteiger charge is 2.23. The molecule has 0 heterocycles. The van der Waals surface area contributed by atoms with Crippen LogP contribution in [0.15, 0.2) is 53.8 Å². The van der Waals surface area contributed by atoms with Gasteiger partial charge in [-0.15, -0.1) is 0 Å². The molecule has 0 amide bonds. The van der Waals surface area contributed by atoms with Crippen LogP contribution in [-0.4, -0.2) is 8.07 Å². The minimum absolute atomic E-state index is 1.20. The zero-order valence-electron chi connectivity index (χ0n) is 10.3. The van der Waals surface area contributed by atoms with Crippen LogP contribution in [0, 0.1) is 0 Å². The Morgan fingerprint density at radius 2 is 1.81 bits per heavy atom. The van der Waals surface area contributed by atoms with Crippen LogP contribution in [0.5, 0.6) is 0 Å². The van der Waals surface area contributed by atoms with E-state index in [4.69, 9.17) is 0 Å². The van der Waals surface area contributed by atoms with Crippen molar-refractivity contribution >= 4 is 13.3 Å². The quantitative estimate of drug-likeness (QED) is 0.675. The normalized spacial score (nSPS) is 19.4. The number of hydrogen-bond acceptors (Lipinski definition) is 0. The number of hydrogen-bond donors (Lipinski definition) is 0. The van der Waals surface area contributed by atoms with Gasteiger partial charge in [-0.3, -0.25) is 0 Å². The molecule has 2 rings (SSSR count). The molecule has 1 aromatic carbocycles. The summed E-state index contributed by atoms with van der Waals surface area (Å²) in [5.74, 6) is 0. The first kappa shape index (κ1) is 11.4. The fourth-order valence-electron chi connectivity index (χ4n) is 2.39. The second kappa shape index (κ2) is 4.42. The smallest absolute Gasteiger partial charge is 0.0956 e. The molecule has 1 aliphatic carbocycles. The first-order valence-corrected chi connectivity index (χ1v) is 9.13. The van der Waals surface area contributed by atoms with Gasteiger partial charge in [0.15, 0.2) is 0 Å². The van der Waals surface area contributed by atoms with Crippen LogP contribution in [0.1, 0.15) is 19.3 Å². The zero-order chi connectivity index (χ0) is 11.6. The third-order valence-electron chi connectivity index (χ3n) is 3.43. The van der Waals surface area contributed by atoms with Crippen molar-refractivity contribution in [2.75, 3.05) is 0 Å². The lowest BCUT2D eigenvalue weighted by Crippen LogP contribution is -2.39. The molecular weight excluding hydrogens is 208 g/mol. The Kier molecular flexibility index (Phi) is 3.15. The minimum Gasteiger partial charge on any atom is -0.0956 e. The molecule has 0 spiro atoms. The van der Waals surface area contributed by atoms with Crippen molar-refractivity contribution in [1.29, 1.82) is 0 Å². The molecule has 1 aliphatic rings. The van der Waals surface area contributed by atoms with Gasteiger partial charge in [-0.1, -0.05) is 72.0 Å². The molecule has 0 nitrogen and oxygen atoms in total. The van der Waals surface area contributed by atoms with Gasteiger partial charge in [-0.05, 0) is 19.3 Å². The van der Waals surface area contributed by atoms with E-state index >= 15 is 0 Å². The number of allylic oxidation sites excluding steroid dienone is 2. The lowest BCUT2D eigenvalue weighted by atomic mass is 10.2. The van der Waals surface area contributed by atoms with Crippen LogP contribution >= 0.6 is 0 Å². The maximum atomic E-state index is 4.17. The summed E-state index contributed by atoms with van der Waals surface area (Å²) in [5, 5.41) is 1.52. The van der Waals surface area contributed by atoms with Crippen molar-refractivity contribution in [2.24, 2.45) is 0 Å². The summed E-state index contributed by atoms with van der Waals surface area (Å²) in [5.41, 5.74) is 5.44. The average Bonchev–Trinajstić information content (AvgIpc) is 2.65. The summed E-state index contributed by atoms with van der Waals surface area (Å²) < 4.78 is 0. The van der Waals surface area contributed by atoms with E-state index in [0.717, 1.165) is 0 Å². The molecule has 1 heteroatoms. The lowest BCUT2D eigenvalue weighted by molar-refractivity contribution is 0.933. The van der Waals surface area contributed by atoms with Gasteiger partial charge in [-0.25, -0.2) is 0 Å². The lowest BCUT2D eigenvalue weighted by Gasteiger charge is -2.20. The minimum atomic E-state index is -1.41. The van der Waals surface area contributed by atoms with Gasteiger partial charge in [-0.2, -0.15) is 0 Å². The maximum absolute atomic E-state index is 4.17. The van der Waals surface area contributed by atoms with Crippen LogP contribution in [-0.2, 0) is 0 Å². The van der Waals surface area contributed by atoms with E-state index in [9.17, 15) is 0 Å². The van der Waals surface area contributed by atoms with Crippen LogP contribution in [0.4, 0.5) is 0 Å². The Morgan fingerprint density at radius 1 is 1.12 bits per heavy atom. The van der Waals surface area contributed by atoms with Gasteiger partial charge in [0.2, 0.25) is 0 Å². The van der Waals surface area contributed by atoms with E-state index in [1.54, 1.807) is 0 Å². The zero-order valence-corrected chi connectivity index (χ0v) is 11.3. The predicted octanol–water partition coefficient (Wildman–Crippen LogP) is 3.81. The van der Waals surface area contributed by atoms with Crippen molar-refractivity contribution in [2.45, 2.75) is 32.4 Å². The van der Waals surface area contributed by atoms with E-state index in [2.05, 4.69) is 55.7 Å². The summed E-state index contributed by atoms with van der Waals surface area (Å²) in [6, 6.07) is 10.9. The second-order valence-electron chi connectivity index (χ2n) is 5.21. The molecule has 16 heavy (non-hydrogen) atoms. The standard InChI is InChI=1S/C15H20Si/c1-13-8-7-9-14(13)12-16(2,3)15-10-5-4-6-11-15/h4-6,10-12H,1,7-9H2,2-3H3/b14-12+. The van der Waals surface area contributed by atoms with Gasteiger partial charge < -0.3 is 0 Å². The summed E-state index contributed by atoms with van der Waals surface area (Å²) in [7, 11) is -1.41. The van der Waals surface area contributed by atoms with Crippen molar-refractivity contribution < 1.29 is 0 Å². The Balaban J connectivity index is 2.29. The highest BCUT2D eigenvalue weighted by Crippen LogP contribution is 2.30. The van der Waals surface area contributed by atoms with E-state index in [1.807, 2.05) is 0 Å². The van der Waals surface area contributed by atoms with Crippen LogP contribution in [0.25, 0.3) is 0 Å². The molecule has 0 aromatic heterocycles. The molecule has 84 valence electrons. The highest BCUT2D eigenvalue weighted by atomic mass is 28.3. The molecule has 0 radical (unpaired) electrons. The number of benzene rings is 1. The molecular formula is C15H20Si. The predicted molar refractivity (Wildman–Crippen MR) is 74.6 cm³/mol. The van der Waals surface area contributed by atoms with Crippen LogP contribution in [0.3, 0.4) is 0 Å². The molecule has 0 aliphatic heterocycles. The first-order chi connectivity index (χ1) is 7.59. The van der Waals surface area contributed by atoms with Crippen molar-refractivity contribution in [1.82, 2.24) is 0 Å². The summed E-state index contributed by atoms with van der Waals surface area (Å²) in [4.78, 5) is 0. The topological polar surface area (TPSA) is 0 Å². The molecule has 0 bridgehead atoms. The highest BCUT2D eigenvalue weighted by molar-refractivity contribution is 6.94. The van der Waals surface area contributed by atoms with Crippen molar-refractivity contribution in [3.05, 3.63) is 53.8 Å². The van der Waals surface area contributed by atoms with Gasteiger partial charge in [0.1, 0.15) is 8.07 Å². The largest absolute Gasteiger partial charge is 0.104 e. The molecule has 1 aromatic rings. The van der Waals surface area contributed by atoms with Gasteiger partial charge in [0.05, 0.1) is 0 Å². The Labute approximate surface area is 99.7 Å². The molecule has 0 N–H and O–H groups in total. The molecule has 0 unspecified atom stereocenters. The molecule has 0 saturated heterocycles.